The molecule has 0 spiro atoms. The van der Waals surface area contributed by atoms with Crippen LogP contribution in [0.25, 0.3) is 0 Å². The van der Waals surface area contributed by atoms with Gasteiger partial charge < -0.3 is 15.4 Å². The van der Waals surface area contributed by atoms with Crippen molar-refractivity contribution >= 4 is 29.4 Å². The summed E-state index contributed by atoms with van der Waals surface area (Å²) in [4.78, 5) is 24.1. The highest BCUT2D eigenvalue weighted by atomic mass is 32.2. The van der Waals surface area contributed by atoms with Crippen molar-refractivity contribution in [2.24, 2.45) is 0 Å². The molecule has 2 amide bonds. The van der Waals surface area contributed by atoms with Crippen LogP contribution in [0.3, 0.4) is 0 Å². The van der Waals surface area contributed by atoms with E-state index in [0.717, 1.165) is 0 Å². The predicted octanol–water partition coefficient (Wildman–Crippen LogP) is 4.16. The summed E-state index contributed by atoms with van der Waals surface area (Å²) in [6.07, 6.45) is -1.06. The highest BCUT2D eigenvalue weighted by Gasteiger charge is 2.30. The number of alkyl carbamates (subject to hydrolysis) is 1. The summed E-state index contributed by atoms with van der Waals surface area (Å²) in [5.41, 5.74) is -4.70. The van der Waals surface area contributed by atoms with Crippen molar-refractivity contribution < 1.29 is 27.5 Å². The quantitative estimate of drug-likeness (QED) is 0.780. The minimum absolute atomic E-state index is 0.192. The molecule has 0 aliphatic carbocycles. The molecule has 0 aromatic heterocycles. The zero-order valence-corrected chi connectivity index (χ0v) is 15.0. The smallest absolute Gasteiger partial charge is 0.441 e. The number of thioether (sulfide) groups is 1. The number of benzene rings is 1. The maximum Gasteiger partial charge on any atom is 0.441 e. The van der Waals surface area contributed by atoms with E-state index in [1.165, 1.54) is 0 Å². The molecule has 0 aliphatic heterocycles. The number of alkyl halides is 3. The molecule has 1 atom stereocenters. The lowest BCUT2D eigenvalue weighted by Gasteiger charge is -2.23. The predicted molar refractivity (Wildman–Crippen MR) is 91.4 cm³/mol. The van der Waals surface area contributed by atoms with Crippen molar-refractivity contribution in [2.75, 3.05) is 11.1 Å². The Bertz CT molecular complexity index is 574. The van der Waals surface area contributed by atoms with Crippen LogP contribution < -0.4 is 10.6 Å². The Morgan fingerprint density at radius 1 is 1.16 bits per heavy atom. The first-order valence-electron chi connectivity index (χ1n) is 7.52. The lowest BCUT2D eigenvalue weighted by molar-refractivity contribution is -0.118. The Morgan fingerprint density at radius 3 is 2.28 bits per heavy atom. The van der Waals surface area contributed by atoms with Gasteiger partial charge >= 0.3 is 11.6 Å². The molecule has 0 saturated heterocycles. The lowest BCUT2D eigenvalue weighted by atomic mass is 10.2. The number of rotatable bonds is 6. The molecule has 0 radical (unpaired) electrons. The van der Waals surface area contributed by atoms with E-state index >= 15 is 0 Å². The monoisotopic (exact) mass is 378 g/mol. The van der Waals surface area contributed by atoms with Gasteiger partial charge in [-0.05, 0) is 39.3 Å². The van der Waals surface area contributed by atoms with Gasteiger partial charge in [-0.3, -0.25) is 4.79 Å². The normalized spacial score (nSPS) is 13.0. The third kappa shape index (κ3) is 9.85. The van der Waals surface area contributed by atoms with Crippen molar-refractivity contribution in [2.45, 2.75) is 44.3 Å². The molecule has 1 unspecified atom stereocenters. The van der Waals surface area contributed by atoms with Gasteiger partial charge in [0.25, 0.3) is 0 Å². The van der Waals surface area contributed by atoms with E-state index in [1.54, 1.807) is 51.1 Å². The average molecular weight is 378 g/mol. The SMILES string of the molecule is CC(C)(C)OC(=O)NC(CCSC(F)(F)F)C(=O)Nc1ccccc1. The van der Waals surface area contributed by atoms with E-state index in [-0.39, 0.29) is 23.9 Å². The number of anilines is 1. The van der Waals surface area contributed by atoms with Gasteiger partial charge in [-0.2, -0.15) is 13.2 Å². The average Bonchev–Trinajstić information content (AvgIpc) is 2.44. The van der Waals surface area contributed by atoms with Crippen LogP contribution in [0.15, 0.2) is 30.3 Å². The van der Waals surface area contributed by atoms with Crippen LogP contribution in [0.4, 0.5) is 23.7 Å². The highest BCUT2D eigenvalue weighted by molar-refractivity contribution is 8.00. The standard InChI is InChI=1S/C16H21F3N2O3S/c1-15(2,3)24-14(23)21-12(9-10-25-16(17,18)19)13(22)20-11-7-5-4-6-8-11/h4-8,12H,9-10H2,1-3H3,(H,20,22)(H,21,23). The first kappa shape index (κ1) is 21.1. The van der Waals surface area contributed by atoms with Gasteiger partial charge in [0.1, 0.15) is 11.6 Å². The number of amides is 2. The molecule has 1 rings (SSSR count). The van der Waals surface area contributed by atoms with E-state index in [9.17, 15) is 22.8 Å². The van der Waals surface area contributed by atoms with Gasteiger partial charge in [-0.1, -0.05) is 30.0 Å². The second kappa shape index (κ2) is 8.98. The molecule has 0 aliphatic rings. The number of para-hydroxylation sites is 1. The van der Waals surface area contributed by atoms with Gasteiger partial charge in [0.2, 0.25) is 5.91 Å². The van der Waals surface area contributed by atoms with E-state index < -0.39 is 29.2 Å². The molecule has 1 aromatic carbocycles. The van der Waals surface area contributed by atoms with Gasteiger partial charge in [-0.25, -0.2) is 4.79 Å². The number of carbonyl (C=O) groups is 2. The Hall–Kier alpha value is -1.90. The summed E-state index contributed by atoms with van der Waals surface area (Å²) in [7, 11) is 0. The van der Waals surface area contributed by atoms with Crippen molar-refractivity contribution in [3.63, 3.8) is 0 Å². The third-order valence-electron chi connectivity index (χ3n) is 2.72. The molecule has 0 saturated carbocycles. The Balaban J connectivity index is 2.72. The summed E-state index contributed by atoms with van der Waals surface area (Å²) in [5.74, 6) is -0.980. The third-order valence-corrected chi connectivity index (χ3v) is 3.49. The second-order valence-corrected chi connectivity index (χ2v) is 7.30. The fourth-order valence-electron chi connectivity index (χ4n) is 1.76. The molecule has 25 heavy (non-hydrogen) atoms. The summed E-state index contributed by atoms with van der Waals surface area (Å²) in [5, 5.41) is 4.88. The number of carbonyl (C=O) groups excluding carboxylic acids is 2. The maximum absolute atomic E-state index is 12.3. The molecular formula is C16H21F3N2O3S. The van der Waals surface area contributed by atoms with Crippen molar-refractivity contribution in [1.29, 1.82) is 0 Å². The van der Waals surface area contributed by atoms with E-state index in [2.05, 4.69) is 10.6 Å². The Morgan fingerprint density at radius 2 is 1.76 bits per heavy atom. The number of hydrogen-bond acceptors (Lipinski definition) is 4. The Kier molecular flexibility index (Phi) is 7.60. The fraction of sp³-hybridized carbons (Fsp3) is 0.500. The van der Waals surface area contributed by atoms with Crippen molar-refractivity contribution in [3.8, 4) is 0 Å². The van der Waals surface area contributed by atoms with Crippen LogP contribution in [-0.4, -0.2) is 34.9 Å². The molecule has 5 nitrogen and oxygen atoms in total. The molecule has 140 valence electrons. The second-order valence-electron chi connectivity index (χ2n) is 6.14. The molecule has 2 N–H and O–H groups in total. The molecule has 9 heteroatoms. The van der Waals surface area contributed by atoms with Gasteiger partial charge in [0, 0.05) is 11.4 Å². The summed E-state index contributed by atoms with van der Waals surface area (Å²) < 4.78 is 41.9. The molecule has 0 bridgehead atoms. The maximum atomic E-state index is 12.3. The van der Waals surface area contributed by atoms with Crippen LogP contribution in [0, 0.1) is 0 Å². The van der Waals surface area contributed by atoms with Crippen LogP contribution >= 0.6 is 11.8 Å². The topological polar surface area (TPSA) is 67.4 Å². The molecule has 1 aromatic rings. The summed E-state index contributed by atoms with van der Waals surface area (Å²) >= 11 is -0.246. The van der Waals surface area contributed by atoms with Gasteiger partial charge in [-0.15, -0.1) is 0 Å². The van der Waals surface area contributed by atoms with E-state index in [4.69, 9.17) is 4.74 Å². The van der Waals surface area contributed by atoms with Crippen LogP contribution in [-0.2, 0) is 9.53 Å². The lowest BCUT2D eigenvalue weighted by Crippen LogP contribution is -2.46. The first-order valence-corrected chi connectivity index (χ1v) is 8.51. The number of nitrogens with one attached hydrogen (secondary N) is 2. The molecule has 0 heterocycles. The minimum Gasteiger partial charge on any atom is -0.444 e. The largest absolute Gasteiger partial charge is 0.444 e. The Labute approximate surface area is 148 Å². The fourth-order valence-corrected chi connectivity index (χ4v) is 2.35. The highest BCUT2D eigenvalue weighted by Crippen LogP contribution is 2.30. The van der Waals surface area contributed by atoms with Crippen molar-refractivity contribution in [3.05, 3.63) is 30.3 Å². The van der Waals surface area contributed by atoms with E-state index in [1.807, 2.05) is 0 Å². The first-order chi connectivity index (χ1) is 11.5. The molecular weight excluding hydrogens is 357 g/mol. The van der Waals surface area contributed by atoms with Gasteiger partial charge in [0.05, 0.1) is 0 Å². The zero-order chi connectivity index (χ0) is 19.1. The van der Waals surface area contributed by atoms with Crippen LogP contribution in [0.5, 0.6) is 0 Å². The summed E-state index contributed by atoms with van der Waals surface area (Å²) in [6.45, 7) is 4.93. The van der Waals surface area contributed by atoms with Crippen molar-refractivity contribution in [1.82, 2.24) is 5.32 Å². The summed E-state index contributed by atoms with van der Waals surface area (Å²) in [6, 6.07) is 7.27. The zero-order valence-electron chi connectivity index (χ0n) is 14.1. The molecule has 0 fully saturated rings. The van der Waals surface area contributed by atoms with Crippen LogP contribution in [0.1, 0.15) is 27.2 Å². The number of halogens is 3. The number of ether oxygens (including phenoxy) is 1. The number of hydrogen-bond donors (Lipinski definition) is 2. The van der Waals surface area contributed by atoms with E-state index in [0.29, 0.717) is 5.69 Å². The van der Waals surface area contributed by atoms with Crippen LogP contribution in [0.2, 0.25) is 0 Å². The van der Waals surface area contributed by atoms with Gasteiger partial charge in [0.15, 0.2) is 0 Å². The minimum atomic E-state index is -4.40.